The van der Waals surface area contributed by atoms with Crippen molar-refractivity contribution in [2.24, 2.45) is 7.05 Å². The van der Waals surface area contributed by atoms with Gasteiger partial charge in [-0.25, -0.2) is 9.97 Å². The van der Waals surface area contributed by atoms with Crippen molar-refractivity contribution in [3.63, 3.8) is 0 Å². The number of hydrogen-bond acceptors (Lipinski definition) is 4. The Hall–Kier alpha value is -1.85. The fourth-order valence-corrected chi connectivity index (χ4v) is 4.03. The molecule has 2 aromatic heterocycles. The van der Waals surface area contributed by atoms with Crippen LogP contribution in [0.2, 0.25) is 10.0 Å². The quantitative estimate of drug-likeness (QED) is 0.699. The van der Waals surface area contributed by atoms with Gasteiger partial charge in [-0.2, -0.15) is 5.10 Å². The summed E-state index contributed by atoms with van der Waals surface area (Å²) in [5.41, 5.74) is 3.32. The molecule has 0 saturated heterocycles. The molecule has 25 heavy (non-hydrogen) atoms. The highest BCUT2D eigenvalue weighted by Crippen LogP contribution is 2.36. The van der Waals surface area contributed by atoms with E-state index in [-0.39, 0.29) is 0 Å². The van der Waals surface area contributed by atoms with Crippen LogP contribution in [-0.4, -0.2) is 25.8 Å². The maximum atomic E-state index is 6.43. The number of hydrogen-bond donors (Lipinski definition) is 1. The number of nitrogens with one attached hydrogen (secondary N) is 1. The number of aryl methyl sites for hydroxylation is 2. The van der Waals surface area contributed by atoms with E-state index >= 15 is 0 Å². The largest absolute Gasteiger partial charge is 0.365 e. The second-order valence-electron chi connectivity index (χ2n) is 6.54. The third kappa shape index (κ3) is 3.07. The SMILES string of the molecule is Cc1nc(NC2CCCC2)c2nn(C)c(-c3ccc(Cl)cc3Cl)c2n1. The number of benzene rings is 1. The van der Waals surface area contributed by atoms with Crippen LogP contribution in [0.3, 0.4) is 0 Å². The zero-order chi connectivity index (χ0) is 17.6. The molecule has 0 spiro atoms. The molecular formula is C18H19Cl2N5. The van der Waals surface area contributed by atoms with Crippen LogP contribution in [0.1, 0.15) is 31.5 Å². The van der Waals surface area contributed by atoms with Crippen molar-refractivity contribution in [2.75, 3.05) is 5.32 Å². The summed E-state index contributed by atoms with van der Waals surface area (Å²) >= 11 is 12.5. The van der Waals surface area contributed by atoms with E-state index in [1.807, 2.05) is 30.8 Å². The van der Waals surface area contributed by atoms with E-state index in [0.29, 0.717) is 21.9 Å². The Morgan fingerprint density at radius 1 is 1.12 bits per heavy atom. The summed E-state index contributed by atoms with van der Waals surface area (Å²) in [5, 5.41) is 9.42. The number of anilines is 1. The van der Waals surface area contributed by atoms with Gasteiger partial charge in [0.15, 0.2) is 11.3 Å². The lowest BCUT2D eigenvalue weighted by atomic mass is 10.1. The Bertz CT molecular complexity index is 944. The zero-order valence-electron chi connectivity index (χ0n) is 14.2. The Morgan fingerprint density at radius 3 is 2.60 bits per heavy atom. The molecule has 1 saturated carbocycles. The van der Waals surface area contributed by atoms with Gasteiger partial charge in [0.25, 0.3) is 0 Å². The first kappa shape index (κ1) is 16.6. The van der Waals surface area contributed by atoms with Gasteiger partial charge in [0.1, 0.15) is 11.3 Å². The standard InChI is InChI=1S/C18H19Cl2N5/c1-10-21-15-16(18(22-10)23-12-5-3-4-6-12)24-25(2)17(15)13-8-7-11(19)9-14(13)20/h7-9,12H,3-6H2,1-2H3,(H,21,22,23). The molecule has 0 radical (unpaired) electrons. The topological polar surface area (TPSA) is 55.6 Å². The fraction of sp³-hybridized carbons (Fsp3) is 0.389. The average molecular weight is 376 g/mol. The smallest absolute Gasteiger partial charge is 0.158 e. The van der Waals surface area contributed by atoms with Crippen molar-refractivity contribution < 1.29 is 0 Å². The number of aromatic nitrogens is 4. The van der Waals surface area contributed by atoms with Crippen LogP contribution in [0.25, 0.3) is 22.3 Å². The molecule has 0 bridgehead atoms. The summed E-state index contributed by atoms with van der Waals surface area (Å²) in [4.78, 5) is 9.24. The first-order valence-corrected chi connectivity index (χ1v) is 9.22. The normalized spacial score (nSPS) is 15.2. The van der Waals surface area contributed by atoms with E-state index < -0.39 is 0 Å². The minimum absolute atomic E-state index is 0.460. The van der Waals surface area contributed by atoms with Crippen molar-refractivity contribution in [2.45, 2.75) is 38.6 Å². The third-order valence-electron chi connectivity index (χ3n) is 4.68. The number of nitrogens with zero attached hydrogens (tertiary/aromatic N) is 4. The summed E-state index contributed by atoms with van der Waals surface area (Å²) in [6.07, 6.45) is 4.87. The zero-order valence-corrected chi connectivity index (χ0v) is 15.7. The van der Waals surface area contributed by atoms with Gasteiger partial charge < -0.3 is 5.32 Å². The molecule has 1 fully saturated rings. The van der Waals surface area contributed by atoms with Gasteiger partial charge in [-0.15, -0.1) is 0 Å². The molecule has 3 aromatic rings. The van der Waals surface area contributed by atoms with Gasteiger partial charge in [0.05, 0.1) is 10.7 Å². The van der Waals surface area contributed by atoms with Gasteiger partial charge in [-0.3, -0.25) is 4.68 Å². The Morgan fingerprint density at radius 2 is 1.88 bits per heavy atom. The molecule has 7 heteroatoms. The Labute approximate surface area is 156 Å². The van der Waals surface area contributed by atoms with Crippen LogP contribution in [0.5, 0.6) is 0 Å². The van der Waals surface area contributed by atoms with Crippen LogP contribution in [0, 0.1) is 6.92 Å². The van der Waals surface area contributed by atoms with Gasteiger partial charge in [0.2, 0.25) is 0 Å². The number of halogens is 2. The van der Waals surface area contributed by atoms with E-state index in [0.717, 1.165) is 28.1 Å². The van der Waals surface area contributed by atoms with E-state index in [1.54, 1.807) is 6.07 Å². The van der Waals surface area contributed by atoms with Crippen molar-refractivity contribution in [1.29, 1.82) is 0 Å². The molecule has 1 aliphatic carbocycles. The number of rotatable bonds is 3. The minimum atomic E-state index is 0.460. The fourth-order valence-electron chi connectivity index (χ4n) is 3.53. The van der Waals surface area contributed by atoms with Crippen molar-refractivity contribution >= 4 is 40.1 Å². The van der Waals surface area contributed by atoms with Crippen molar-refractivity contribution in [3.05, 3.63) is 34.1 Å². The summed E-state index contributed by atoms with van der Waals surface area (Å²) in [6.45, 7) is 1.90. The highest BCUT2D eigenvalue weighted by Gasteiger charge is 2.22. The summed E-state index contributed by atoms with van der Waals surface area (Å²) in [6, 6.07) is 5.93. The maximum Gasteiger partial charge on any atom is 0.158 e. The average Bonchev–Trinajstić information content (AvgIpc) is 3.16. The van der Waals surface area contributed by atoms with Gasteiger partial charge >= 0.3 is 0 Å². The Balaban J connectivity index is 1.88. The van der Waals surface area contributed by atoms with Crippen LogP contribution in [0.15, 0.2) is 18.2 Å². The molecule has 0 amide bonds. The minimum Gasteiger partial charge on any atom is -0.365 e. The molecule has 2 heterocycles. The molecule has 5 nitrogen and oxygen atoms in total. The van der Waals surface area contributed by atoms with Gasteiger partial charge in [0, 0.05) is 23.7 Å². The highest BCUT2D eigenvalue weighted by molar-refractivity contribution is 6.36. The molecule has 130 valence electrons. The predicted molar refractivity (Wildman–Crippen MR) is 102 cm³/mol. The summed E-state index contributed by atoms with van der Waals surface area (Å²) in [7, 11) is 1.90. The second-order valence-corrected chi connectivity index (χ2v) is 7.38. The van der Waals surface area contributed by atoms with Crippen LogP contribution >= 0.6 is 23.2 Å². The van der Waals surface area contributed by atoms with E-state index in [9.17, 15) is 0 Å². The molecule has 1 aliphatic rings. The van der Waals surface area contributed by atoms with E-state index in [2.05, 4.69) is 20.4 Å². The molecule has 1 aromatic carbocycles. The molecule has 4 rings (SSSR count). The monoisotopic (exact) mass is 375 g/mol. The highest BCUT2D eigenvalue weighted by atomic mass is 35.5. The lowest BCUT2D eigenvalue weighted by Gasteiger charge is -2.13. The predicted octanol–water partition coefficient (Wildman–Crippen LogP) is 5.00. The Kier molecular flexibility index (Phi) is 4.29. The molecule has 0 atom stereocenters. The van der Waals surface area contributed by atoms with Crippen LogP contribution < -0.4 is 5.32 Å². The molecule has 0 aliphatic heterocycles. The molecular weight excluding hydrogens is 357 g/mol. The van der Waals surface area contributed by atoms with Crippen LogP contribution in [-0.2, 0) is 7.05 Å². The molecule has 0 unspecified atom stereocenters. The lowest BCUT2D eigenvalue weighted by molar-refractivity contribution is 0.747. The van der Waals surface area contributed by atoms with Gasteiger partial charge in [-0.05, 0) is 38.0 Å². The summed E-state index contributed by atoms with van der Waals surface area (Å²) < 4.78 is 1.81. The van der Waals surface area contributed by atoms with Crippen LogP contribution in [0.4, 0.5) is 5.82 Å². The number of fused-ring (bicyclic) bond motifs is 1. The lowest BCUT2D eigenvalue weighted by Crippen LogP contribution is -2.16. The third-order valence-corrected chi connectivity index (χ3v) is 5.22. The maximum absolute atomic E-state index is 6.43. The molecule has 1 N–H and O–H groups in total. The second kappa shape index (κ2) is 6.46. The first-order valence-electron chi connectivity index (χ1n) is 8.46. The van der Waals surface area contributed by atoms with Gasteiger partial charge in [-0.1, -0.05) is 36.0 Å². The van der Waals surface area contributed by atoms with Crippen molar-refractivity contribution in [1.82, 2.24) is 19.7 Å². The first-order chi connectivity index (χ1) is 12.0. The van der Waals surface area contributed by atoms with Crippen molar-refractivity contribution in [3.8, 4) is 11.3 Å². The van der Waals surface area contributed by atoms with E-state index in [4.69, 9.17) is 23.2 Å². The summed E-state index contributed by atoms with van der Waals surface area (Å²) in [5.74, 6) is 1.52. The van der Waals surface area contributed by atoms with E-state index in [1.165, 1.54) is 25.7 Å².